The van der Waals surface area contributed by atoms with Crippen LogP contribution in [0.5, 0.6) is 0 Å². The third-order valence-electron chi connectivity index (χ3n) is 3.09. The van der Waals surface area contributed by atoms with Crippen LogP contribution >= 0.6 is 22.6 Å². The van der Waals surface area contributed by atoms with Crippen LogP contribution in [0.1, 0.15) is 11.1 Å². The molecule has 0 aromatic heterocycles. The Morgan fingerprint density at radius 3 is 2.38 bits per heavy atom. The molecule has 3 N–H and O–H groups in total. The highest BCUT2D eigenvalue weighted by molar-refractivity contribution is 14.1. The maximum Gasteiger partial charge on any atom is 0.263 e. The number of hydrogen-bond donors (Lipinski definition) is 2. The quantitative estimate of drug-likeness (QED) is 0.591. The predicted octanol–water partition coefficient (Wildman–Crippen LogP) is 3.43. The maximum absolute atomic E-state index is 13.1. The lowest BCUT2D eigenvalue weighted by molar-refractivity contribution is 0.601. The summed E-state index contributed by atoms with van der Waals surface area (Å²) < 4.78 is 40.8. The Hall–Kier alpha value is -1.35. The summed E-state index contributed by atoms with van der Waals surface area (Å²) in [6.07, 6.45) is 0. The van der Waals surface area contributed by atoms with Crippen LogP contribution in [0.4, 0.5) is 15.8 Å². The zero-order valence-electron chi connectivity index (χ0n) is 11.4. The van der Waals surface area contributed by atoms with Crippen molar-refractivity contribution < 1.29 is 12.8 Å². The first kappa shape index (κ1) is 16.0. The van der Waals surface area contributed by atoms with E-state index < -0.39 is 15.8 Å². The maximum atomic E-state index is 13.1. The SMILES string of the molecule is Cc1cc(N)c(S(=O)(=O)Nc2ccc(F)cc2I)cc1C. The van der Waals surface area contributed by atoms with Gasteiger partial charge in [0.1, 0.15) is 10.7 Å². The average Bonchev–Trinajstić information content (AvgIpc) is 2.37. The minimum absolute atomic E-state index is 0.0192. The van der Waals surface area contributed by atoms with Crippen molar-refractivity contribution in [2.24, 2.45) is 0 Å². The van der Waals surface area contributed by atoms with Crippen LogP contribution in [0.2, 0.25) is 0 Å². The molecule has 2 rings (SSSR count). The third kappa shape index (κ3) is 3.46. The molecule has 2 aromatic carbocycles. The lowest BCUT2D eigenvalue weighted by Gasteiger charge is -2.13. The van der Waals surface area contributed by atoms with Crippen molar-refractivity contribution in [3.63, 3.8) is 0 Å². The second kappa shape index (κ2) is 5.80. The van der Waals surface area contributed by atoms with Gasteiger partial charge in [-0.15, -0.1) is 0 Å². The highest BCUT2D eigenvalue weighted by Crippen LogP contribution is 2.27. The summed E-state index contributed by atoms with van der Waals surface area (Å²) in [5, 5.41) is 0. The van der Waals surface area contributed by atoms with Crippen LogP contribution < -0.4 is 10.5 Å². The molecule has 0 unspecified atom stereocenters. The van der Waals surface area contributed by atoms with Crippen molar-refractivity contribution in [3.8, 4) is 0 Å². The lowest BCUT2D eigenvalue weighted by atomic mass is 10.1. The van der Waals surface area contributed by atoms with Crippen molar-refractivity contribution in [3.05, 3.63) is 50.8 Å². The molecule has 2 aromatic rings. The predicted molar refractivity (Wildman–Crippen MR) is 90.3 cm³/mol. The summed E-state index contributed by atoms with van der Waals surface area (Å²) >= 11 is 1.87. The Morgan fingerprint density at radius 2 is 1.76 bits per heavy atom. The van der Waals surface area contributed by atoms with Crippen LogP contribution in [0.3, 0.4) is 0 Å². The number of nitrogens with one attached hydrogen (secondary N) is 1. The molecule has 4 nitrogen and oxygen atoms in total. The molecule has 0 spiro atoms. The monoisotopic (exact) mass is 420 g/mol. The van der Waals surface area contributed by atoms with E-state index in [-0.39, 0.29) is 10.6 Å². The summed E-state index contributed by atoms with van der Waals surface area (Å²) in [4.78, 5) is 0.0192. The molecule has 112 valence electrons. The minimum Gasteiger partial charge on any atom is -0.398 e. The molecule has 0 bridgehead atoms. The molecule has 0 heterocycles. The molecule has 0 aliphatic carbocycles. The van der Waals surface area contributed by atoms with Gasteiger partial charge in [0.25, 0.3) is 10.0 Å². The molecule has 0 radical (unpaired) electrons. The number of nitrogens with two attached hydrogens (primary N) is 1. The largest absolute Gasteiger partial charge is 0.398 e. The summed E-state index contributed by atoms with van der Waals surface area (Å²) in [7, 11) is -3.82. The summed E-state index contributed by atoms with van der Waals surface area (Å²) in [5.41, 5.74) is 8.06. The molecule has 0 aliphatic heterocycles. The molecule has 0 saturated carbocycles. The first-order valence-corrected chi connectivity index (χ1v) is 8.61. The molecule has 0 aliphatic rings. The second-order valence-corrected chi connectivity index (χ2v) is 7.52. The van der Waals surface area contributed by atoms with E-state index in [9.17, 15) is 12.8 Å². The second-order valence-electron chi connectivity index (χ2n) is 4.70. The van der Waals surface area contributed by atoms with Crippen molar-refractivity contribution in [2.45, 2.75) is 18.7 Å². The Balaban J connectivity index is 2.46. The number of nitrogen functional groups attached to an aromatic ring is 1. The van der Waals surface area contributed by atoms with Crippen LogP contribution in [-0.4, -0.2) is 8.42 Å². The van der Waals surface area contributed by atoms with Crippen molar-refractivity contribution >= 4 is 44.0 Å². The van der Waals surface area contributed by atoms with Crippen LogP contribution in [-0.2, 0) is 10.0 Å². The first-order chi connectivity index (χ1) is 9.70. The molecule has 0 atom stereocenters. The summed E-state index contributed by atoms with van der Waals surface area (Å²) in [6.45, 7) is 3.67. The minimum atomic E-state index is -3.82. The number of benzene rings is 2. The Labute approximate surface area is 136 Å². The van der Waals surface area contributed by atoms with Gasteiger partial charge >= 0.3 is 0 Å². The van der Waals surface area contributed by atoms with Crippen LogP contribution in [0.25, 0.3) is 0 Å². The first-order valence-electron chi connectivity index (χ1n) is 6.05. The van der Waals surface area contributed by atoms with E-state index in [0.29, 0.717) is 9.26 Å². The fraction of sp³-hybridized carbons (Fsp3) is 0.143. The number of hydrogen-bond acceptors (Lipinski definition) is 3. The molecular formula is C14H14FIN2O2S. The topological polar surface area (TPSA) is 72.2 Å². The van der Waals surface area contributed by atoms with Gasteiger partial charge in [-0.25, -0.2) is 12.8 Å². The van der Waals surface area contributed by atoms with Gasteiger partial charge in [-0.1, -0.05) is 0 Å². The average molecular weight is 420 g/mol. The third-order valence-corrected chi connectivity index (χ3v) is 5.40. The number of rotatable bonds is 3. The van der Waals surface area contributed by atoms with Gasteiger partial charge < -0.3 is 5.73 Å². The van der Waals surface area contributed by atoms with Crippen LogP contribution in [0, 0.1) is 23.2 Å². The number of aryl methyl sites for hydroxylation is 2. The summed E-state index contributed by atoms with van der Waals surface area (Å²) in [6, 6.07) is 6.99. The fourth-order valence-corrected chi connectivity index (χ4v) is 3.89. The van der Waals surface area contributed by atoms with Gasteiger partial charge in [0.15, 0.2) is 0 Å². The van der Waals surface area contributed by atoms with Crippen LogP contribution in [0.15, 0.2) is 35.2 Å². The molecule has 7 heteroatoms. The summed E-state index contributed by atoms with van der Waals surface area (Å²) in [5.74, 6) is -0.423. The van der Waals surface area contributed by atoms with Gasteiger partial charge in [0.2, 0.25) is 0 Å². The Bertz CT molecular complexity index is 807. The van der Waals surface area contributed by atoms with Crippen molar-refractivity contribution in [1.82, 2.24) is 0 Å². The smallest absolute Gasteiger partial charge is 0.263 e. The molecule has 0 saturated heterocycles. The lowest BCUT2D eigenvalue weighted by Crippen LogP contribution is -2.16. The van der Waals surface area contributed by atoms with E-state index in [4.69, 9.17) is 5.73 Å². The van der Waals surface area contributed by atoms with Gasteiger partial charge in [0, 0.05) is 3.57 Å². The highest BCUT2D eigenvalue weighted by Gasteiger charge is 2.19. The van der Waals surface area contributed by atoms with Gasteiger partial charge in [0.05, 0.1) is 11.4 Å². The van der Waals surface area contributed by atoms with Gasteiger partial charge in [-0.05, 0) is 77.9 Å². The van der Waals surface area contributed by atoms with Crippen molar-refractivity contribution in [1.29, 1.82) is 0 Å². The zero-order valence-corrected chi connectivity index (χ0v) is 14.4. The number of halogens is 2. The van der Waals surface area contributed by atoms with E-state index in [2.05, 4.69) is 4.72 Å². The van der Waals surface area contributed by atoms with E-state index >= 15 is 0 Å². The van der Waals surface area contributed by atoms with E-state index in [1.54, 1.807) is 6.07 Å². The highest BCUT2D eigenvalue weighted by atomic mass is 127. The van der Waals surface area contributed by atoms with E-state index in [1.165, 1.54) is 24.3 Å². The standard InChI is InChI=1S/C14H14FIN2O2S/c1-8-5-12(17)14(6-9(8)2)21(19,20)18-13-4-3-10(15)7-11(13)16/h3-7,18H,17H2,1-2H3. The normalized spacial score (nSPS) is 11.4. The number of anilines is 2. The molecule has 0 amide bonds. The zero-order chi connectivity index (χ0) is 15.8. The molecular weight excluding hydrogens is 406 g/mol. The van der Waals surface area contributed by atoms with Gasteiger partial charge in [-0.2, -0.15) is 0 Å². The Kier molecular flexibility index (Phi) is 4.43. The molecule has 0 fully saturated rings. The number of sulfonamides is 1. The van der Waals surface area contributed by atoms with E-state index in [0.717, 1.165) is 11.1 Å². The fourth-order valence-electron chi connectivity index (χ4n) is 1.82. The molecule has 21 heavy (non-hydrogen) atoms. The Morgan fingerprint density at radius 1 is 1.14 bits per heavy atom. The van der Waals surface area contributed by atoms with Crippen molar-refractivity contribution in [2.75, 3.05) is 10.5 Å². The van der Waals surface area contributed by atoms with Gasteiger partial charge in [-0.3, -0.25) is 4.72 Å². The van der Waals surface area contributed by atoms with E-state index in [1.807, 2.05) is 36.4 Å².